The zero-order valence-electron chi connectivity index (χ0n) is 11.1. The van der Waals surface area contributed by atoms with Crippen LogP contribution in [-0.2, 0) is 16.4 Å². The van der Waals surface area contributed by atoms with Gasteiger partial charge in [-0.3, -0.25) is 0 Å². The van der Waals surface area contributed by atoms with E-state index in [1.807, 2.05) is 30.5 Å². The molecule has 0 aliphatic heterocycles. The standard InChI is InChI=1S/C14H16BrNO2S2/c1-2-9-20(17,18)14-6-4-3-5-12(14)16-10-13-11(15)7-8-19-13/h3-8,16H,2,9-10H2,1H3. The van der Waals surface area contributed by atoms with E-state index in [1.165, 1.54) is 0 Å². The molecule has 1 heterocycles. The van der Waals surface area contributed by atoms with Gasteiger partial charge in [-0.05, 0) is 45.9 Å². The van der Waals surface area contributed by atoms with Gasteiger partial charge in [0, 0.05) is 9.35 Å². The number of nitrogens with one attached hydrogen (secondary N) is 1. The summed E-state index contributed by atoms with van der Waals surface area (Å²) in [6.07, 6.45) is 0.618. The molecule has 0 atom stereocenters. The van der Waals surface area contributed by atoms with Gasteiger partial charge < -0.3 is 5.32 Å². The van der Waals surface area contributed by atoms with Gasteiger partial charge in [0.1, 0.15) is 0 Å². The molecule has 0 saturated heterocycles. The Morgan fingerprint density at radius 2 is 2.00 bits per heavy atom. The third-order valence-corrected chi connectivity index (χ3v) is 6.72. The highest BCUT2D eigenvalue weighted by Crippen LogP contribution is 2.26. The van der Waals surface area contributed by atoms with Crippen molar-refractivity contribution < 1.29 is 8.42 Å². The second-order valence-corrected chi connectivity index (χ2v) is 8.29. The van der Waals surface area contributed by atoms with Crippen LogP contribution in [0.5, 0.6) is 0 Å². The summed E-state index contributed by atoms with van der Waals surface area (Å²) >= 11 is 5.11. The molecule has 0 amide bonds. The second kappa shape index (κ2) is 6.74. The fourth-order valence-electron chi connectivity index (χ4n) is 1.89. The summed E-state index contributed by atoms with van der Waals surface area (Å²) in [7, 11) is -3.21. The van der Waals surface area contributed by atoms with E-state index in [0.717, 1.165) is 9.35 Å². The lowest BCUT2D eigenvalue weighted by Gasteiger charge is -2.11. The van der Waals surface area contributed by atoms with Crippen LogP contribution in [0.4, 0.5) is 5.69 Å². The van der Waals surface area contributed by atoms with Crippen molar-refractivity contribution in [1.29, 1.82) is 0 Å². The maximum absolute atomic E-state index is 12.2. The number of anilines is 1. The van der Waals surface area contributed by atoms with E-state index in [1.54, 1.807) is 23.5 Å². The van der Waals surface area contributed by atoms with Crippen molar-refractivity contribution in [3.05, 3.63) is 45.1 Å². The summed E-state index contributed by atoms with van der Waals surface area (Å²) < 4.78 is 25.5. The summed E-state index contributed by atoms with van der Waals surface area (Å²) in [6.45, 7) is 2.48. The van der Waals surface area contributed by atoms with Crippen molar-refractivity contribution in [2.24, 2.45) is 0 Å². The van der Waals surface area contributed by atoms with E-state index in [9.17, 15) is 8.42 Å². The first-order valence-electron chi connectivity index (χ1n) is 6.32. The predicted molar refractivity (Wildman–Crippen MR) is 88.1 cm³/mol. The SMILES string of the molecule is CCCS(=O)(=O)c1ccccc1NCc1sccc1Br. The topological polar surface area (TPSA) is 46.2 Å². The number of hydrogen-bond acceptors (Lipinski definition) is 4. The predicted octanol–water partition coefficient (Wildman–Crippen LogP) is 4.31. The van der Waals surface area contributed by atoms with E-state index in [4.69, 9.17) is 0 Å². The maximum atomic E-state index is 12.2. The summed E-state index contributed by atoms with van der Waals surface area (Å²) in [5.41, 5.74) is 0.668. The van der Waals surface area contributed by atoms with Crippen molar-refractivity contribution in [2.75, 3.05) is 11.1 Å². The average Bonchev–Trinajstić information content (AvgIpc) is 2.82. The molecule has 1 N–H and O–H groups in total. The molecule has 1 aromatic carbocycles. The molecule has 0 aliphatic carbocycles. The van der Waals surface area contributed by atoms with Crippen molar-refractivity contribution in [2.45, 2.75) is 24.8 Å². The third kappa shape index (κ3) is 3.62. The lowest BCUT2D eigenvalue weighted by Crippen LogP contribution is -2.10. The molecule has 108 valence electrons. The van der Waals surface area contributed by atoms with E-state index in [2.05, 4.69) is 21.2 Å². The molecule has 2 rings (SSSR count). The van der Waals surface area contributed by atoms with Crippen LogP contribution in [0.1, 0.15) is 18.2 Å². The van der Waals surface area contributed by atoms with Gasteiger partial charge in [-0.15, -0.1) is 11.3 Å². The maximum Gasteiger partial charge on any atom is 0.180 e. The molecule has 2 aromatic rings. The highest BCUT2D eigenvalue weighted by Gasteiger charge is 2.17. The number of halogens is 1. The molecule has 20 heavy (non-hydrogen) atoms. The van der Waals surface area contributed by atoms with Crippen LogP contribution in [0.15, 0.2) is 45.1 Å². The molecule has 0 unspecified atom stereocenters. The first kappa shape index (κ1) is 15.5. The second-order valence-electron chi connectivity index (χ2n) is 4.36. The van der Waals surface area contributed by atoms with E-state index in [-0.39, 0.29) is 5.75 Å². The molecule has 0 radical (unpaired) electrons. The number of hydrogen-bond donors (Lipinski definition) is 1. The fourth-order valence-corrected chi connectivity index (χ4v) is 4.84. The monoisotopic (exact) mass is 373 g/mol. The van der Waals surface area contributed by atoms with Crippen LogP contribution in [0, 0.1) is 0 Å². The normalized spacial score (nSPS) is 11.5. The smallest absolute Gasteiger partial charge is 0.180 e. The summed E-state index contributed by atoms with van der Waals surface area (Å²) in [5.74, 6) is 0.175. The number of benzene rings is 1. The molecule has 0 aliphatic rings. The van der Waals surface area contributed by atoms with E-state index in [0.29, 0.717) is 23.5 Å². The molecule has 0 saturated carbocycles. The van der Waals surface area contributed by atoms with Crippen LogP contribution < -0.4 is 5.32 Å². The first-order chi connectivity index (χ1) is 9.54. The minimum Gasteiger partial charge on any atom is -0.379 e. The summed E-state index contributed by atoms with van der Waals surface area (Å²) in [4.78, 5) is 1.53. The van der Waals surface area contributed by atoms with Gasteiger partial charge in [-0.25, -0.2) is 8.42 Å². The van der Waals surface area contributed by atoms with Gasteiger partial charge >= 0.3 is 0 Å². The largest absolute Gasteiger partial charge is 0.379 e. The zero-order chi connectivity index (χ0) is 14.6. The Morgan fingerprint density at radius 3 is 2.65 bits per heavy atom. The van der Waals surface area contributed by atoms with Crippen molar-refractivity contribution in [1.82, 2.24) is 0 Å². The number of sulfone groups is 1. The molecule has 0 fully saturated rings. The van der Waals surface area contributed by atoms with Crippen LogP contribution in [0.25, 0.3) is 0 Å². The van der Waals surface area contributed by atoms with Gasteiger partial charge in [0.2, 0.25) is 0 Å². The Balaban J connectivity index is 2.23. The molecule has 0 bridgehead atoms. The van der Waals surface area contributed by atoms with Gasteiger partial charge in [0.15, 0.2) is 9.84 Å². The lowest BCUT2D eigenvalue weighted by atomic mass is 10.3. The molecular formula is C14H16BrNO2S2. The van der Waals surface area contributed by atoms with Crippen molar-refractivity contribution in [3.8, 4) is 0 Å². The van der Waals surface area contributed by atoms with Gasteiger partial charge in [-0.2, -0.15) is 0 Å². The Kier molecular flexibility index (Phi) is 5.23. The Hall–Kier alpha value is -0.850. The third-order valence-electron chi connectivity index (χ3n) is 2.83. The minimum absolute atomic E-state index is 0.175. The van der Waals surface area contributed by atoms with E-state index >= 15 is 0 Å². The Morgan fingerprint density at radius 1 is 1.25 bits per heavy atom. The highest BCUT2D eigenvalue weighted by atomic mass is 79.9. The van der Waals surface area contributed by atoms with Gasteiger partial charge in [0.05, 0.1) is 22.9 Å². The summed E-state index contributed by atoms with van der Waals surface area (Å²) in [6, 6.07) is 9.06. The Labute approximate surface area is 132 Å². The number of para-hydroxylation sites is 1. The molecule has 1 aromatic heterocycles. The zero-order valence-corrected chi connectivity index (χ0v) is 14.3. The van der Waals surface area contributed by atoms with Gasteiger partial charge in [0.25, 0.3) is 0 Å². The average molecular weight is 374 g/mol. The Bertz CT molecular complexity index is 680. The molecular weight excluding hydrogens is 358 g/mol. The number of thiophene rings is 1. The van der Waals surface area contributed by atoms with Crippen LogP contribution in [0.3, 0.4) is 0 Å². The summed E-state index contributed by atoms with van der Waals surface area (Å²) in [5, 5.41) is 5.22. The van der Waals surface area contributed by atoms with Crippen molar-refractivity contribution in [3.63, 3.8) is 0 Å². The molecule has 3 nitrogen and oxygen atoms in total. The van der Waals surface area contributed by atoms with Crippen LogP contribution in [-0.4, -0.2) is 14.2 Å². The van der Waals surface area contributed by atoms with Crippen LogP contribution >= 0.6 is 27.3 Å². The first-order valence-corrected chi connectivity index (χ1v) is 9.64. The molecule has 6 heteroatoms. The van der Waals surface area contributed by atoms with E-state index < -0.39 is 9.84 Å². The highest BCUT2D eigenvalue weighted by molar-refractivity contribution is 9.10. The number of rotatable bonds is 6. The quantitative estimate of drug-likeness (QED) is 0.820. The molecule has 0 spiro atoms. The minimum atomic E-state index is -3.21. The van der Waals surface area contributed by atoms with Crippen LogP contribution in [0.2, 0.25) is 0 Å². The fraction of sp³-hybridized carbons (Fsp3) is 0.286. The lowest BCUT2D eigenvalue weighted by molar-refractivity contribution is 0.595. The van der Waals surface area contributed by atoms with Crippen molar-refractivity contribution >= 4 is 42.8 Å². The van der Waals surface area contributed by atoms with Gasteiger partial charge in [-0.1, -0.05) is 19.1 Å².